The second kappa shape index (κ2) is 11.1. The Bertz CT molecular complexity index is 724. The van der Waals surface area contributed by atoms with Gasteiger partial charge >= 0.3 is 0 Å². The van der Waals surface area contributed by atoms with Crippen molar-refractivity contribution in [3.05, 3.63) is 52.2 Å². The molecule has 1 fully saturated rings. The van der Waals surface area contributed by atoms with E-state index in [1.54, 1.807) is 7.11 Å². The maximum absolute atomic E-state index is 5.43. The summed E-state index contributed by atoms with van der Waals surface area (Å²) in [5, 5.41) is 9.06. The fourth-order valence-electron chi connectivity index (χ4n) is 3.55. The Morgan fingerprint density at radius 1 is 1.18 bits per heavy atom. The third-order valence-corrected chi connectivity index (χ3v) is 6.03. The van der Waals surface area contributed by atoms with Crippen molar-refractivity contribution in [2.45, 2.75) is 32.9 Å². The van der Waals surface area contributed by atoms with Gasteiger partial charge in [0.2, 0.25) is 0 Å². The maximum Gasteiger partial charge on any atom is 0.191 e. The summed E-state index contributed by atoms with van der Waals surface area (Å²) in [4.78, 5) is 8.79. The van der Waals surface area contributed by atoms with Gasteiger partial charge in [0.1, 0.15) is 5.75 Å². The van der Waals surface area contributed by atoms with E-state index in [9.17, 15) is 0 Å². The summed E-state index contributed by atoms with van der Waals surface area (Å²) >= 11 is 1.86. The third-order valence-electron chi connectivity index (χ3n) is 5.17. The van der Waals surface area contributed by atoms with E-state index in [-0.39, 0.29) is 0 Å². The minimum atomic E-state index is 0.610. The normalized spacial score (nSPS) is 16.1. The minimum Gasteiger partial charge on any atom is -0.496 e. The summed E-state index contributed by atoms with van der Waals surface area (Å²) in [7, 11) is 1.71. The molecular weight excluding hydrogens is 368 g/mol. The summed E-state index contributed by atoms with van der Waals surface area (Å²) < 4.78 is 5.43. The predicted octanol–water partition coefficient (Wildman–Crippen LogP) is 3.72. The topological polar surface area (TPSA) is 48.9 Å². The largest absolute Gasteiger partial charge is 0.496 e. The highest BCUT2D eigenvalue weighted by atomic mass is 32.1. The van der Waals surface area contributed by atoms with Crippen LogP contribution in [-0.4, -0.2) is 44.1 Å². The van der Waals surface area contributed by atoms with Gasteiger partial charge in [-0.25, -0.2) is 4.99 Å². The number of piperidine rings is 1. The molecule has 152 valence electrons. The van der Waals surface area contributed by atoms with Crippen LogP contribution in [0.1, 0.15) is 30.2 Å². The summed E-state index contributed by atoms with van der Waals surface area (Å²) in [6.45, 7) is 8.00. The van der Waals surface area contributed by atoms with Crippen LogP contribution >= 0.6 is 11.3 Å². The molecule has 0 spiro atoms. The standard InChI is InChI=1S/C22H32N4OS/c1-3-23-22(25-16-19-7-4-5-9-21(19)27-2)24-15-18-10-12-26(13-11-18)17-20-8-6-14-28-20/h4-9,14,18H,3,10-13,15-17H2,1-2H3,(H2,23,24,25). The third kappa shape index (κ3) is 6.24. The van der Waals surface area contributed by atoms with Crippen molar-refractivity contribution in [1.29, 1.82) is 0 Å². The molecule has 0 saturated carbocycles. The molecule has 2 aromatic rings. The molecule has 0 aliphatic carbocycles. The molecule has 1 saturated heterocycles. The Morgan fingerprint density at radius 3 is 2.71 bits per heavy atom. The molecule has 5 nitrogen and oxygen atoms in total. The maximum atomic E-state index is 5.43. The number of ether oxygens (including phenoxy) is 1. The smallest absolute Gasteiger partial charge is 0.191 e. The highest BCUT2D eigenvalue weighted by Gasteiger charge is 2.19. The van der Waals surface area contributed by atoms with Crippen molar-refractivity contribution in [2.75, 3.05) is 33.3 Å². The van der Waals surface area contributed by atoms with Crippen molar-refractivity contribution >= 4 is 17.3 Å². The summed E-state index contributed by atoms with van der Waals surface area (Å²) in [5.74, 6) is 2.48. The lowest BCUT2D eigenvalue weighted by Crippen LogP contribution is -2.42. The Morgan fingerprint density at radius 2 is 2.00 bits per heavy atom. The van der Waals surface area contributed by atoms with Gasteiger partial charge in [-0.05, 0) is 56.3 Å². The van der Waals surface area contributed by atoms with Gasteiger partial charge in [0, 0.05) is 30.1 Å². The first kappa shape index (κ1) is 20.7. The van der Waals surface area contributed by atoms with E-state index in [0.717, 1.165) is 36.9 Å². The first-order valence-electron chi connectivity index (χ1n) is 10.2. The van der Waals surface area contributed by atoms with E-state index in [1.165, 1.54) is 30.8 Å². The Hall–Kier alpha value is -2.05. The van der Waals surface area contributed by atoms with E-state index >= 15 is 0 Å². The zero-order valence-electron chi connectivity index (χ0n) is 17.0. The van der Waals surface area contributed by atoms with Crippen molar-refractivity contribution in [3.63, 3.8) is 0 Å². The molecule has 28 heavy (non-hydrogen) atoms. The zero-order chi connectivity index (χ0) is 19.6. The molecule has 1 aliphatic heterocycles. The SMILES string of the molecule is CCNC(=NCc1ccccc1OC)NCC1CCN(Cc2cccs2)CC1. The van der Waals surface area contributed by atoms with Gasteiger partial charge in [0.15, 0.2) is 5.96 Å². The van der Waals surface area contributed by atoms with Crippen molar-refractivity contribution in [3.8, 4) is 5.75 Å². The highest BCUT2D eigenvalue weighted by molar-refractivity contribution is 7.09. The molecule has 1 aliphatic rings. The van der Waals surface area contributed by atoms with Gasteiger partial charge in [0.25, 0.3) is 0 Å². The van der Waals surface area contributed by atoms with Crippen LogP contribution in [0.2, 0.25) is 0 Å². The van der Waals surface area contributed by atoms with Crippen molar-refractivity contribution < 1.29 is 4.74 Å². The molecular formula is C22H32N4OS. The van der Waals surface area contributed by atoms with Crippen LogP contribution in [0, 0.1) is 5.92 Å². The highest BCUT2D eigenvalue weighted by Crippen LogP contribution is 2.20. The Labute approximate surface area is 172 Å². The second-order valence-corrected chi connectivity index (χ2v) is 8.22. The number of nitrogens with zero attached hydrogens (tertiary/aromatic N) is 2. The van der Waals surface area contributed by atoms with E-state index in [1.807, 2.05) is 29.5 Å². The number of hydrogen-bond acceptors (Lipinski definition) is 4. The first-order chi connectivity index (χ1) is 13.8. The van der Waals surface area contributed by atoms with Gasteiger partial charge in [-0.3, -0.25) is 4.90 Å². The lowest BCUT2D eigenvalue weighted by Gasteiger charge is -2.32. The fraction of sp³-hybridized carbons (Fsp3) is 0.500. The lowest BCUT2D eigenvalue weighted by molar-refractivity contribution is 0.179. The molecule has 0 bridgehead atoms. The molecule has 0 atom stereocenters. The summed E-state index contributed by atoms with van der Waals surface area (Å²) in [5.41, 5.74) is 1.10. The number of thiophene rings is 1. The number of guanidine groups is 1. The molecule has 6 heteroatoms. The number of methoxy groups -OCH3 is 1. The molecule has 1 aromatic carbocycles. The Balaban J connectivity index is 1.46. The van der Waals surface area contributed by atoms with Gasteiger partial charge in [-0.1, -0.05) is 24.3 Å². The van der Waals surface area contributed by atoms with Gasteiger partial charge in [-0.2, -0.15) is 0 Å². The molecule has 0 radical (unpaired) electrons. The second-order valence-electron chi connectivity index (χ2n) is 7.19. The number of nitrogens with one attached hydrogen (secondary N) is 2. The number of likely N-dealkylation sites (tertiary alicyclic amines) is 1. The van der Waals surface area contributed by atoms with Crippen LogP contribution in [0.4, 0.5) is 0 Å². The van der Waals surface area contributed by atoms with Crippen LogP contribution in [0.3, 0.4) is 0 Å². The molecule has 1 aromatic heterocycles. The molecule has 0 amide bonds. The number of hydrogen-bond donors (Lipinski definition) is 2. The monoisotopic (exact) mass is 400 g/mol. The minimum absolute atomic E-state index is 0.610. The molecule has 2 N–H and O–H groups in total. The zero-order valence-corrected chi connectivity index (χ0v) is 17.8. The fourth-order valence-corrected chi connectivity index (χ4v) is 4.30. The quantitative estimate of drug-likeness (QED) is 0.524. The average molecular weight is 401 g/mol. The predicted molar refractivity (Wildman–Crippen MR) is 118 cm³/mol. The lowest BCUT2D eigenvalue weighted by atomic mass is 9.97. The first-order valence-corrected chi connectivity index (χ1v) is 11.0. The van der Waals surface area contributed by atoms with Crippen molar-refractivity contribution in [2.24, 2.45) is 10.9 Å². The average Bonchev–Trinajstić information content (AvgIpc) is 3.24. The number of para-hydroxylation sites is 1. The summed E-state index contributed by atoms with van der Waals surface area (Å²) in [6, 6.07) is 12.4. The number of rotatable bonds is 8. The Kier molecular flexibility index (Phi) is 8.18. The van der Waals surface area contributed by atoms with Gasteiger partial charge < -0.3 is 15.4 Å². The van der Waals surface area contributed by atoms with E-state index in [2.05, 4.69) is 46.0 Å². The summed E-state index contributed by atoms with van der Waals surface area (Å²) in [6.07, 6.45) is 2.48. The van der Waals surface area contributed by atoms with Crippen LogP contribution in [0.25, 0.3) is 0 Å². The van der Waals surface area contributed by atoms with Gasteiger partial charge in [0.05, 0.1) is 13.7 Å². The van der Waals surface area contributed by atoms with E-state index in [4.69, 9.17) is 9.73 Å². The molecule has 0 unspecified atom stereocenters. The molecule has 2 heterocycles. The van der Waals surface area contributed by atoms with Crippen molar-refractivity contribution in [1.82, 2.24) is 15.5 Å². The van der Waals surface area contributed by atoms with Crippen LogP contribution in [-0.2, 0) is 13.1 Å². The van der Waals surface area contributed by atoms with Crippen LogP contribution in [0.5, 0.6) is 5.75 Å². The van der Waals surface area contributed by atoms with Gasteiger partial charge in [-0.15, -0.1) is 11.3 Å². The number of aliphatic imine (C=N–C) groups is 1. The molecule has 3 rings (SSSR count). The van der Waals surface area contributed by atoms with Crippen LogP contribution < -0.4 is 15.4 Å². The number of benzene rings is 1. The van der Waals surface area contributed by atoms with E-state index in [0.29, 0.717) is 12.5 Å². The van der Waals surface area contributed by atoms with E-state index < -0.39 is 0 Å². The van der Waals surface area contributed by atoms with Crippen LogP contribution in [0.15, 0.2) is 46.8 Å².